The van der Waals surface area contributed by atoms with E-state index in [1.165, 1.54) is 7.11 Å². The van der Waals surface area contributed by atoms with Gasteiger partial charge in [0.1, 0.15) is 10.7 Å². The Kier molecular flexibility index (Phi) is 5.01. The molecule has 0 bridgehead atoms. The molecule has 0 aliphatic carbocycles. The summed E-state index contributed by atoms with van der Waals surface area (Å²) in [6.45, 7) is -0.0644. The molecule has 0 saturated heterocycles. The van der Waals surface area contributed by atoms with Crippen LogP contribution < -0.4 is 15.2 Å². The summed E-state index contributed by atoms with van der Waals surface area (Å²) in [5, 5.41) is 9.54. The van der Waals surface area contributed by atoms with Gasteiger partial charge in [0.25, 0.3) is 0 Å². The third-order valence-corrected chi connectivity index (χ3v) is 3.38. The molecule has 0 radical (unpaired) electrons. The lowest BCUT2D eigenvalue weighted by molar-refractivity contribution is 0.280. The van der Waals surface area contributed by atoms with E-state index in [0.29, 0.717) is 27.8 Å². The Morgan fingerprint density at radius 1 is 1.24 bits per heavy atom. The Bertz CT molecular complexity index is 676. The van der Waals surface area contributed by atoms with Crippen LogP contribution in [0.15, 0.2) is 36.4 Å². The quantitative estimate of drug-likeness (QED) is 0.827. The van der Waals surface area contributed by atoms with Gasteiger partial charge in [-0.3, -0.25) is 0 Å². The number of halogens is 1. The van der Waals surface area contributed by atoms with Gasteiger partial charge in [0.2, 0.25) is 0 Å². The summed E-state index contributed by atoms with van der Waals surface area (Å²) in [5.41, 5.74) is 6.89. The molecule has 0 aromatic heterocycles. The van der Waals surface area contributed by atoms with Crippen molar-refractivity contribution in [2.75, 3.05) is 7.11 Å². The summed E-state index contributed by atoms with van der Waals surface area (Å²) in [4.78, 5) is 0.233. The first-order chi connectivity index (χ1) is 10.0. The van der Waals surface area contributed by atoms with Crippen LogP contribution in [-0.2, 0) is 6.61 Å². The van der Waals surface area contributed by atoms with Gasteiger partial charge in [-0.15, -0.1) is 0 Å². The Balaban J connectivity index is 2.30. The normalized spacial score (nSPS) is 10.2. The summed E-state index contributed by atoms with van der Waals surface area (Å²) in [5.74, 6) is 1.58. The summed E-state index contributed by atoms with van der Waals surface area (Å²) in [6, 6.07) is 10.2. The Morgan fingerprint density at radius 2 is 2.00 bits per heavy atom. The highest BCUT2D eigenvalue weighted by molar-refractivity contribution is 7.80. The fraction of sp³-hybridized carbons (Fsp3) is 0.133. The van der Waals surface area contributed by atoms with Crippen molar-refractivity contribution in [3.63, 3.8) is 0 Å². The average Bonchev–Trinajstić information content (AvgIpc) is 2.47. The number of aliphatic hydroxyl groups is 1. The first-order valence-corrected chi connectivity index (χ1v) is 6.88. The van der Waals surface area contributed by atoms with Crippen LogP contribution in [0.25, 0.3) is 0 Å². The zero-order valence-electron chi connectivity index (χ0n) is 11.3. The molecule has 2 aromatic rings. The molecule has 2 rings (SSSR count). The highest BCUT2D eigenvalue weighted by Crippen LogP contribution is 2.33. The lowest BCUT2D eigenvalue weighted by Crippen LogP contribution is -2.09. The first-order valence-electron chi connectivity index (χ1n) is 6.10. The van der Waals surface area contributed by atoms with Crippen LogP contribution in [0.5, 0.6) is 17.2 Å². The highest BCUT2D eigenvalue weighted by Gasteiger charge is 2.09. The predicted molar refractivity (Wildman–Crippen MR) is 86.3 cm³/mol. The van der Waals surface area contributed by atoms with Gasteiger partial charge in [-0.05, 0) is 29.8 Å². The molecule has 0 fully saturated rings. The third-order valence-electron chi connectivity index (χ3n) is 2.84. The topological polar surface area (TPSA) is 64.7 Å². The van der Waals surface area contributed by atoms with Crippen molar-refractivity contribution in [3.05, 3.63) is 52.5 Å². The van der Waals surface area contributed by atoms with E-state index < -0.39 is 0 Å². The number of thiocarbonyl (C=S) groups is 1. The molecule has 6 heteroatoms. The molecule has 0 saturated carbocycles. The number of hydrogen-bond acceptors (Lipinski definition) is 4. The molecule has 3 N–H and O–H groups in total. The Labute approximate surface area is 133 Å². The van der Waals surface area contributed by atoms with Crippen LogP contribution in [-0.4, -0.2) is 17.2 Å². The van der Waals surface area contributed by atoms with Crippen molar-refractivity contribution < 1.29 is 14.6 Å². The Morgan fingerprint density at radius 3 is 2.57 bits per heavy atom. The van der Waals surface area contributed by atoms with Crippen LogP contribution in [0.3, 0.4) is 0 Å². The van der Waals surface area contributed by atoms with Crippen molar-refractivity contribution in [2.24, 2.45) is 5.73 Å². The molecule has 0 atom stereocenters. The van der Waals surface area contributed by atoms with Crippen molar-refractivity contribution in [1.82, 2.24) is 0 Å². The largest absolute Gasteiger partial charge is 0.493 e. The second-order valence-electron chi connectivity index (χ2n) is 4.25. The number of benzene rings is 2. The maximum Gasteiger partial charge on any atom is 0.169 e. The lowest BCUT2D eigenvalue weighted by Gasteiger charge is -2.12. The maximum absolute atomic E-state index is 9.12. The summed E-state index contributed by atoms with van der Waals surface area (Å²) >= 11 is 11.0. The molecule has 4 nitrogen and oxygen atoms in total. The zero-order chi connectivity index (χ0) is 15.4. The molecule has 110 valence electrons. The molecule has 0 aliphatic heterocycles. The van der Waals surface area contributed by atoms with Crippen molar-refractivity contribution in [2.45, 2.75) is 6.61 Å². The average molecular weight is 324 g/mol. The van der Waals surface area contributed by atoms with Gasteiger partial charge < -0.3 is 20.3 Å². The molecular weight excluding hydrogens is 310 g/mol. The van der Waals surface area contributed by atoms with Gasteiger partial charge in [0.15, 0.2) is 11.5 Å². The highest BCUT2D eigenvalue weighted by atomic mass is 35.5. The molecule has 0 unspecified atom stereocenters. The number of nitrogens with two attached hydrogens (primary N) is 1. The van der Waals surface area contributed by atoms with Gasteiger partial charge in [-0.25, -0.2) is 0 Å². The monoisotopic (exact) mass is 323 g/mol. The van der Waals surface area contributed by atoms with E-state index in [1.807, 2.05) is 0 Å². The predicted octanol–water partition coefficient (Wildman–Crippen LogP) is 3.27. The number of aliphatic hydroxyl groups excluding tert-OH is 1. The lowest BCUT2D eigenvalue weighted by atomic mass is 10.2. The van der Waals surface area contributed by atoms with Crippen LogP contribution in [0.4, 0.5) is 0 Å². The van der Waals surface area contributed by atoms with Gasteiger partial charge in [-0.2, -0.15) is 0 Å². The second kappa shape index (κ2) is 6.76. The molecule has 0 amide bonds. The minimum Gasteiger partial charge on any atom is -0.493 e. The number of ether oxygens (including phenoxy) is 2. The van der Waals surface area contributed by atoms with Crippen molar-refractivity contribution in [1.29, 1.82) is 0 Å². The van der Waals surface area contributed by atoms with E-state index in [9.17, 15) is 0 Å². The van der Waals surface area contributed by atoms with E-state index in [0.717, 1.165) is 5.56 Å². The van der Waals surface area contributed by atoms with Gasteiger partial charge in [0, 0.05) is 11.6 Å². The van der Waals surface area contributed by atoms with Crippen LogP contribution in [0.1, 0.15) is 11.1 Å². The maximum atomic E-state index is 9.12. The molecule has 0 heterocycles. The zero-order valence-corrected chi connectivity index (χ0v) is 12.9. The fourth-order valence-corrected chi connectivity index (χ4v) is 2.29. The summed E-state index contributed by atoms with van der Waals surface area (Å²) in [6.07, 6.45) is 0. The molecule has 0 spiro atoms. The van der Waals surface area contributed by atoms with Gasteiger partial charge in [0.05, 0.1) is 18.7 Å². The van der Waals surface area contributed by atoms with E-state index >= 15 is 0 Å². The summed E-state index contributed by atoms with van der Waals surface area (Å²) in [7, 11) is 1.53. The first kappa shape index (κ1) is 15.6. The second-order valence-corrected chi connectivity index (χ2v) is 5.10. The summed E-state index contributed by atoms with van der Waals surface area (Å²) < 4.78 is 11.0. The molecule has 2 aromatic carbocycles. The smallest absolute Gasteiger partial charge is 0.169 e. The minimum absolute atomic E-state index is 0.0644. The fourth-order valence-electron chi connectivity index (χ4n) is 1.78. The third kappa shape index (κ3) is 3.64. The minimum atomic E-state index is -0.0644. The Hall–Kier alpha value is -1.82. The van der Waals surface area contributed by atoms with Crippen LogP contribution in [0.2, 0.25) is 5.02 Å². The molecule has 21 heavy (non-hydrogen) atoms. The van der Waals surface area contributed by atoms with Crippen molar-refractivity contribution >= 4 is 28.8 Å². The molecule has 0 aliphatic rings. The van der Waals surface area contributed by atoms with Crippen LogP contribution >= 0.6 is 23.8 Å². The van der Waals surface area contributed by atoms with Gasteiger partial charge >= 0.3 is 0 Å². The SMILES string of the molecule is COc1cc(CO)ccc1Oc1ccc(C(N)=S)c(Cl)c1. The number of methoxy groups -OCH3 is 1. The standard InChI is InChI=1S/C15H14ClNO3S/c1-19-14-6-9(8-18)2-5-13(14)20-10-3-4-11(15(17)21)12(16)7-10/h2-7,18H,8H2,1H3,(H2,17,21). The van der Waals surface area contributed by atoms with E-state index in [4.69, 9.17) is 44.1 Å². The van der Waals surface area contributed by atoms with Crippen LogP contribution in [0, 0.1) is 0 Å². The van der Waals surface area contributed by atoms with E-state index in [2.05, 4.69) is 0 Å². The van der Waals surface area contributed by atoms with E-state index in [-0.39, 0.29) is 11.6 Å². The molecular formula is C15H14ClNO3S. The van der Waals surface area contributed by atoms with E-state index in [1.54, 1.807) is 36.4 Å². The number of hydrogen-bond donors (Lipinski definition) is 2. The number of rotatable bonds is 5. The van der Waals surface area contributed by atoms with Gasteiger partial charge in [-0.1, -0.05) is 29.9 Å². The van der Waals surface area contributed by atoms with Crippen molar-refractivity contribution in [3.8, 4) is 17.2 Å².